The van der Waals surface area contributed by atoms with E-state index in [4.69, 9.17) is 73.8 Å². The van der Waals surface area contributed by atoms with E-state index in [0.29, 0.717) is 73.4 Å². The Morgan fingerprint density at radius 2 is 0.557 bits per heavy atom. The van der Waals surface area contributed by atoms with Crippen molar-refractivity contribution in [1.82, 2.24) is 78.1 Å². The van der Waals surface area contributed by atoms with Crippen LogP contribution in [0.4, 0.5) is 46.0 Å². The summed E-state index contributed by atoms with van der Waals surface area (Å²) in [7, 11) is 11.2. The van der Waals surface area contributed by atoms with Gasteiger partial charge >= 0.3 is 0 Å². The number of thiocarbonyl (C=S) groups is 2. The monoisotopic (exact) mass is 2010 g/mol. The van der Waals surface area contributed by atoms with Crippen molar-refractivity contribution in [1.29, 1.82) is 0 Å². The lowest BCUT2D eigenvalue weighted by Gasteiger charge is -2.12. The van der Waals surface area contributed by atoms with Gasteiger partial charge in [-0.25, -0.2) is 39.9 Å². The largest absolute Gasteiger partial charge is 0.496 e. The van der Waals surface area contributed by atoms with Crippen molar-refractivity contribution in [3.05, 3.63) is 394 Å². The molecule has 0 radical (unpaired) electrons. The van der Waals surface area contributed by atoms with Crippen LogP contribution in [0.2, 0.25) is 0 Å². The van der Waals surface area contributed by atoms with Crippen molar-refractivity contribution < 1.29 is 19.1 Å². The van der Waals surface area contributed by atoms with Crippen molar-refractivity contribution in [2.45, 2.75) is 65.2 Å². The summed E-state index contributed by atoms with van der Waals surface area (Å²) in [6, 6.07) is 83.9. The molecule has 0 saturated heterocycles. The molecule has 0 fully saturated rings. The minimum Gasteiger partial charge on any atom is -0.496 e. The molecule has 0 unspecified atom stereocenters. The highest BCUT2D eigenvalue weighted by molar-refractivity contribution is 9.10. The number of pyridine rings is 4. The highest BCUT2D eigenvalue weighted by atomic mass is 79.9. The first-order valence-electron chi connectivity index (χ1n) is 45.3. The predicted octanol–water partition coefficient (Wildman–Crippen LogP) is 24.3. The van der Waals surface area contributed by atoms with Gasteiger partial charge in [-0.1, -0.05) is 189 Å². The molecule has 0 atom stereocenters. The van der Waals surface area contributed by atoms with Gasteiger partial charge in [0.05, 0.1) is 36.3 Å². The van der Waals surface area contributed by atoms with E-state index in [-0.39, 0.29) is 11.6 Å². The average Bonchev–Trinajstić information content (AvgIpc) is 1.62. The molecular weight excluding hydrogens is 1910 g/mol. The van der Waals surface area contributed by atoms with E-state index >= 15 is 0 Å². The van der Waals surface area contributed by atoms with Gasteiger partial charge < -0.3 is 49.0 Å². The number of halogens is 2. The third kappa shape index (κ3) is 24.6. The Balaban J connectivity index is 0.000000129. The quantitative estimate of drug-likeness (QED) is 0.0305. The average molecular weight is 2010 g/mol. The lowest BCUT2D eigenvalue weighted by Crippen LogP contribution is -2.08. The van der Waals surface area contributed by atoms with Crippen LogP contribution in [0, 0.1) is 13.8 Å². The number of fused-ring (bicyclic) bond motifs is 4. The summed E-state index contributed by atoms with van der Waals surface area (Å²) in [6.45, 7) is 4.15. The van der Waals surface area contributed by atoms with Gasteiger partial charge in [0.2, 0.25) is 0 Å². The van der Waals surface area contributed by atoms with Crippen LogP contribution in [-0.4, -0.2) is 114 Å². The molecule has 4 N–H and O–H groups in total. The fraction of sp³-hybridized carbons (Fsp3) is 0.143. The molecule has 0 amide bonds. The summed E-state index contributed by atoms with van der Waals surface area (Å²) < 4.78 is 20.9. The van der Waals surface area contributed by atoms with E-state index in [1.165, 1.54) is 11.1 Å². The standard InChI is InChI=1S/C28H24BrN5O2.C28H24BrN5OS.C28H25N5O.C28H25N5S/c1-34-13-10-24-26(34)28(31-22-8-11-30-12-9-22)33-27(32-24)19-5-3-4-18(14-19)15-23(35)17-20-16-21(29)6-7-25(20)36-2;1-34-13-10-24-26(34)28(31-22-8-11-30-12-9-22)33-27(32-24)19-5-3-4-18(14-19)15-23(36)17-20-16-21(29)6-7-25(20)35-2;2*1-19-5-3-6-20(15-19)17-24(34)18-21-7-4-8-22(16-21)27-31-25-11-14-33(2)26(25)28(32-27)30-23-9-12-29-13-10-23/h2*3-14,16H,15,17H2,1-2H3,(H,30,31,32,33);2*3-16H,17-18H2,1-2H3,(H,29,30,31,32). The van der Waals surface area contributed by atoms with Gasteiger partial charge in [-0.05, 0) is 181 Å². The van der Waals surface area contributed by atoms with Gasteiger partial charge in [-0.3, -0.25) is 29.5 Å². The summed E-state index contributed by atoms with van der Waals surface area (Å²) in [5.41, 5.74) is 25.3. The number of methoxy groups -OCH3 is 2. The second-order valence-corrected chi connectivity index (χ2v) is 36.9. The maximum atomic E-state index is 12.9. The van der Waals surface area contributed by atoms with Crippen molar-refractivity contribution >= 4 is 168 Å². The smallest absolute Gasteiger partial charge is 0.162 e. The molecule has 0 bridgehead atoms. The Morgan fingerprint density at radius 3 is 0.850 bits per heavy atom. The van der Waals surface area contributed by atoms with Gasteiger partial charge in [-0.2, -0.15) is 0 Å². The van der Waals surface area contributed by atoms with Crippen molar-refractivity contribution in [3.63, 3.8) is 0 Å². The summed E-state index contributed by atoms with van der Waals surface area (Å²) >= 11 is 18.5. The summed E-state index contributed by atoms with van der Waals surface area (Å²) in [5, 5.41) is 13.6. The number of ketones is 2. The van der Waals surface area contributed by atoms with Gasteiger partial charge in [-0.15, -0.1) is 0 Å². The zero-order chi connectivity index (χ0) is 97.1. The predicted molar refractivity (Wildman–Crippen MR) is 574 cm³/mol. The van der Waals surface area contributed by atoms with Gasteiger partial charge in [0.25, 0.3) is 0 Å². The molecular formula is C112H98Br2N20O4S2. The number of rotatable bonds is 30. The number of benzene rings is 8. The van der Waals surface area contributed by atoms with Crippen LogP contribution in [0.1, 0.15) is 55.6 Å². The van der Waals surface area contributed by atoms with Crippen molar-refractivity contribution in [2.24, 2.45) is 28.2 Å². The molecule has 0 saturated carbocycles. The Morgan fingerprint density at radius 1 is 0.300 bits per heavy atom. The lowest BCUT2D eigenvalue weighted by atomic mass is 10.0. The molecule has 12 heterocycles. The number of hydrogen-bond donors (Lipinski definition) is 4. The third-order valence-electron chi connectivity index (χ3n) is 23.2. The maximum absolute atomic E-state index is 12.9. The van der Waals surface area contributed by atoms with E-state index in [2.05, 4.69) is 147 Å². The molecule has 696 valence electrons. The van der Waals surface area contributed by atoms with Crippen LogP contribution in [0.3, 0.4) is 0 Å². The van der Waals surface area contributed by atoms with E-state index in [9.17, 15) is 9.59 Å². The molecule has 20 aromatic rings. The molecule has 0 spiro atoms. The minimum absolute atomic E-state index is 0.100. The Labute approximate surface area is 838 Å². The van der Waals surface area contributed by atoms with Crippen LogP contribution in [0.15, 0.2) is 338 Å². The minimum atomic E-state index is 0.100. The van der Waals surface area contributed by atoms with Crippen LogP contribution >= 0.6 is 56.3 Å². The van der Waals surface area contributed by atoms with Crippen molar-refractivity contribution in [3.8, 4) is 57.1 Å². The van der Waals surface area contributed by atoms with Crippen LogP contribution in [0.25, 0.3) is 89.7 Å². The number of carbonyl (C=O) groups excluding carboxylic acids is 2. The molecule has 28 heteroatoms. The molecule has 20 rings (SSSR count). The number of Topliss-reactive ketones (excluding diaryl/α,β-unsaturated/α-hetero) is 2. The normalized spacial score (nSPS) is 11.0. The van der Waals surface area contributed by atoms with E-state index < -0.39 is 0 Å². The first kappa shape index (κ1) is 95.8. The van der Waals surface area contributed by atoms with Crippen LogP contribution in [-0.2, 0) is 89.1 Å². The molecule has 12 aromatic heterocycles. The molecule has 0 aliphatic carbocycles. The summed E-state index contributed by atoms with van der Waals surface area (Å²) in [6.07, 6.45) is 26.2. The highest BCUT2D eigenvalue weighted by Gasteiger charge is 2.22. The highest BCUT2D eigenvalue weighted by Crippen LogP contribution is 2.36. The molecule has 24 nitrogen and oxygen atoms in total. The summed E-state index contributed by atoms with van der Waals surface area (Å²) in [4.78, 5) is 82.8. The SMILES string of the molecule is COc1ccc(Br)cc1CC(=O)Cc1cccc(-c2nc(Nc3ccncc3)c3c(ccn3C)n2)c1.COc1ccc(Br)cc1CC(=S)Cc1cccc(-c2nc(Nc3ccncc3)c3c(ccn3C)n2)c1.Cc1cccc(CC(=O)Cc2cccc(-c3nc(Nc4ccncc4)c4c(ccn4C)n3)c2)c1.Cc1cccc(CC(=S)Cc2cccc(-c3nc(Nc4ccncc4)c4c(ccn4C)n3)c2)c1. The van der Waals surface area contributed by atoms with Crippen molar-refractivity contribution in [2.75, 3.05) is 35.5 Å². The van der Waals surface area contributed by atoms with Gasteiger partial charge in [0, 0.05) is 229 Å². The molecule has 0 aliphatic rings. The first-order chi connectivity index (χ1) is 68.1. The lowest BCUT2D eigenvalue weighted by molar-refractivity contribution is -0.118. The number of anilines is 8. The van der Waals surface area contributed by atoms with E-state index in [0.717, 1.165) is 188 Å². The zero-order valence-corrected chi connectivity index (χ0v) is 83.0. The Bertz CT molecular complexity index is 7440. The Hall–Kier alpha value is -15.9. The third-order valence-corrected chi connectivity index (χ3v) is 24.8. The topological polar surface area (TPSA) is 275 Å². The van der Waals surface area contributed by atoms with Crippen LogP contribution in [0.5, 0.6) is 11.5 Å². The van der Waals surface area contributed by atoms with Gasteiger partial charge in [0.15, 0.2) is 46.6 Å². The van der Waals surface area contributed by atoms with Crippen LogP contribution < -0.4 is 30.7 Å². The number of nitrogens with zero attached hydrogens (tertiary/aromatic N) is 16. The van der Waals surface area contributed by atoms with E-state index in [1.807, 2.05) is 266 Å². The molecule has 8 aromatic carbocycles. The van der Waals surface area contributed by atoms with E-state index in [1.54, 1.807) is 63.8 Å². The first-order valence-corrected chi connectivity index (χ1v) is 47.7. The molecule has 140 heavy (non-hydrogen) atoms. The maximum Gasteiger partial charge on any atom is 0.162 e. The second kappa shape index (κ2) is 44.9. The number of nitrogens with one attached hydrogen (secondary N) is 4. The Kier molecular flexibility index (Phi) is 30.8. The van der Waals surface area contributed by atoms with Gasteiger partial charge in [0.1, 0.15) is 45.1 Å². The number of hydrogen-bond acceptors (Lipinski definition) is 22. The number of carbonyl (C=O) groups is 2. The number of ether oxygens (including phenoxy) is 2. The summed E-state index contributed by atoms with van der Waals surface area (Å²) in [5.74, 6) is 7.31. The second-order valence-electron chi connectivity index (χ2n) is 33.9. The fourth-order valence-electron chi connectivity index (χ4n) is 16.7. The number of aromatic nitrogens is 16. The fourth-order valence-corrected chi connectivity index (χ4v) is 18.1. The molecule has 0 aliphatic heterocycles. The number of aryl methyl sites for hydroxylation is 6. The zero-order valence-electron chi connectivity index (χ0n) is 78.2.